The van der Waals surface area contributed by atoms with Crippen LogP contribution in [0.5, 0.6) is 0 Å². The summed E-state index contributed by atoms with van der Waals surface area (Å²) < 4.78 is 8.46. The van der Waals surface area contributed by atoms with Crippen molar-refractivity contribution in [1.29, 1.82) is 0 Å². The number of rotatable bonds is 2. The van der Waals surface area contributed by atoms with Crippen LogP contribution in [0.3, 0.4) is 0 Å². The lowest BCUT2D eigenvalue weighted by molar-refractivity contribution is 0.669. The van der Waals surface area contributed by atoms with Gasteiger partial charge in [-0.15, -0.1) is 0 Å². The second-order valence-electron chi connectivity index (χ2n) is 7.19. The van der Waals surface area contributed by atoms with Gasteiger partial charge in [-0.25, -0.2) is 9.97 Å². The van der Waals surface area contributed by atoms with Crippen molar-refractivity contribution >= 4 is 33.1 Å². The number of aromatic nitrogens is 3. The van der Waals surface area contributed by atoms with Crippen LogP contribution in [0.2, 0.25) is 0 Å². The molecule has 0 bridgehead atoms. The summed E-state index contributed by atoms with van der Waals surface area (Å²) in [7, 11) is 0. The predicted octanol–water partition coefficient (Wildman–Crippen LogP) is 6.30. The largest absolute Gasteiger partial charge is 0.455 e. The summed E-state index contributed by atoms with van der Waals surface area (Å²) in [6.07, 6.45) is 1.81. The maximum atomic E-state index is 6.28. The highest BCUT2D eigenvalue weighted by molar-refractivity contribution is 6.09. The minimum atomic E-state index is 0.733. The Morgan fingerprint density at radius 3 is 2.48 bits per heavy atom. The van der Waals surface area contributed by atoms with Gasteiger partial charge in [-0.3, -0.25) is 4.57 Å². The molecule has 0 aliphatic heterocycles. The molecule has 4 heteroatoms. The fourth-order valence-electron chi connectivity index (χ4n) is 4.08. The average Bonchev–Trinajstić information content (AvgIpc) is 3.34. The van der Waals surface area contributed by atoms with Gasteiger partial charge in [0, 0.05) is 22.7 Å². The molecular formula is C25H17N3O. The monoisotopic (exact) mass is 375 g/mol. The van der Waals surface area contributed by atoms with E-state index in [1.807, 2.05) is 48.7 Å². The molecular weight excluding hydrogens is 358 g/mol. The van der Waals surface area contributed by atoms with E-state index in [-0.39, 0.29) is 0 Å². The SMILES string of the molecule is Cc1ccnc2nc(-c3cccc4c3oc3ccccc34)n(-c3ccccc3)c12. The lowest BCUT2D eigenvalue weighted by atomic mass is 10.1. The first-order valence-electron chi connectivity index (χ1n) is 9.61. The van der Waals surface area contributed by atoms with Crippen molar-refractivity contribution in [3.8, 4) is 17.1 Å². The molecule has 6 rings (SSSR count). The number of fused-ring (bicyclic) bond motifs is 4. The Hall–Kier alpha value is -3.92. The van der Waals surface area contributed by atoms with E-state index in [1.165, 1.54) is 0 Å². The van der Waals surface area contributed by atoms with Crippen molar-refractivity contribution in [2.45, 2.75) is 6.92 Å². The number of hydrogen-bond acceptors (Lipinski definition) is 3. The van der Waals surface area contributed by atoms with Crippen LogP contribution in [0.15, 0.2) is 89.5 Å². The van der Waals surface area contributed by atoms with E-state index in [0.717, 1.165) is 55.7 Å². The molecule has 0 spiro atoms. The molecule has 29 heavy (non-hydrogen) atoms. The standard InChI is InChI=1S/C25H17N3O/c1-16-14-15-26-24-22(16)28(17-8-3-2-4-9-17)25(27-24)20-12-7-11-19-18-10-5-6-13-21(18)29-23(19)20/h2-15H,1H3. The first kappa shape index (κ1) is 16.1. The molecule has 3 aromatic heterocycles. The average molecular weight is 375 g/mol. The molecule has 0 N–H and O–H groups in total. The Balaban J connectivity index is 1.76. The van der Waals surface area contributed by atoms with Crippen LogP contribution < -0.4 is 0 Å². The zero-order valence-corrected chi connectivity index (χ0v) is 15.8. The van der Waals surface area contributed by atoms with Gasteiger partial charge >= 0.3 is 0 Å². The molecule has 0 aliphatic rings. The Labute approximate surface area is 167 Å². The van der Waals surface area contributed by atoms with Crippen LogP contribution in [0.25, 0.3) is 50.2 Å². The molecule has 0 radical (unpaired) electrons. The third kappa shape index (κ3) is 2.32. The first-order chi connectivity index (χ1) is 14.3. The highest BCUT2D eigenvalue weighted by atomic mass is 16.3. The van der Waals surface area contributed by atoms with Crippen LogP contribution >= 0.6 is 0 Å². The summed E-state index contributed by atoms with van der Waals surface area (Å²) in [6.45, 7) is 2.09. The summed E-state index contributed by atoms with van der Waals surface area (Å²) in [5.41, 5.74) is 6.62. The number of pyridine rings is 1. The molecule has 6 aromatic rings. The molecule has 0 amide bonds. The van der Waals surface area contributed by atoms with Crippen LogP contribution in [0.1, 0.15) is 5.56 Å². The number of furan rings is 1. The summed E-state index contributed by atoms with van der Waals surface area (Å²) >= 11 is 0. The van der Waals surface area contributed by atoms with E-state index in [2.05, 4.69) is 52.9 Å². The smallest absolute Gasteiger partial charge is 0.178 e. The normalized spacial score (nSPS) is 11.6. The highest BCUT2D eigenvalue weighted by Gasteiger charge is 2.20. The summed E-state index contributed by atoms with van der Waals surface area (Å²) in [4.78, 5) is 9.47. The molecule has 138 valence electrons. The second-order valence-corrected chi connectivity index (χ2v) is 7.19. The molecule has 4 nitrogen and oxygen atoms in total. The van der Waals surface area contributed by atoms with Crippen molar-refractivity contribution < 1.29 is 4.42 Å². The second kappa shape index (κ2) is 6.04. The summed E-state index contributed by atoms with van der Waals surface area (Å²) in [6, 6.07) is 26.7. The number of hydrogen-bond donors (Lipinski definition) is 0. The zero-order chi connectivity index (χ0) is 19.4. The molecule has 3 heterocycles. The van der Waals surface area contributed by atoms with Crippen molar-refractivity contribution in [2.24, 2.45) is 0 Å². The topological polar surface area (TPSA) is 43.9 Å². The molecule has 0 saturated carbocycles. The van der Waals surface area contributed by atoms with Gasteiger partial charge in [0.05, 0.1) is 11.1 Å². The molecule has 0 atom stereocenters. The number of imidazole rings is 1. The molecule has 3 aromatic carbocycles. The minimum Gasteiger partial charge on any atom is -0.455 e. The Morgan fingerprint density at radius 1 is 0.793 bits per heavy atom. The van der Waals surface area contributed by atoms with Gasteiger partial charge in [0.15, 0.2) is 11.5 Å². The van der Waals surface area contributed by atoms with E-state index < -0.39 is 0 Å². The zero-order valence-electron chi connectivity index (χ0n) is 15.8. The van der Waals surface area contributed by atoms with Gasteiger partial charge in [0.1, 0.15) is 11.2 Å². The third-order valence-electron chi connectivity index (χ3n) is 5.41. The molecule has 0 fully saturated rings. The summed E-state index contributed by atoms with van der Waals surface area (Å²) in [5.74, 6) is 0.831. The fourth-order valence-corrected chi connectivity index (χ4v) is 4.08. The van der Waals surface area contributed by atoms with Gasteiger partial charge < -0.3 is 4.42 Å². The predicted molar refractivity (Wildman–Crippen MR) is 116 cm³/mol. The van der Waals surface area contributed by atoms with Crippen LogP contribution in [-0.4, -0.2) is 14.5 Å². The maximum Gasteiger partial charge on any atom is 0.178 e. The lowest BCUT2D eigenvalue weighted by Gasteiger charge is -2.10. The fraction of sp³-hybridized carbons (Fsp3) is 0.0400. The van der Waals surface area contributed by atoms with Gasteiger partial charge in [-0.05, 0) is 42.8 Å². The van der Waals surface area contributed by atoms with E-state index in [4.69, 9.17) is 9.40 Å². The van der Waals surface area contributed by atoms with E-state index in [9.17, 15) is 0 Å². The summed E-state index contributed by atoms with van der Waals surface area (Å²) in [5, 5.41) is 2.20. The van der Waals surface area contributed by atoms with Crippen LogP contribution in [-0.2, 0) is 0 Å². The van der Waals surface area contributed by atoms with Crippen molar-refractivity contribution in [2.75, 3.05) is 0 Å². The van der Waals surface area contributed by atoms with Gasteiger partial charge in [-0.1, -0.05) is 48.5 Å². The van der Waals surface area contributed by atoms with Gasteiger partial charge in [-0.2, -0.15) is 0 Å². The Bertz CT molecular complexity index is 1510. The maximum absolute atomic E-state index is 6.28. The number of aryl methyl sites for hydroxylation is 1. The van der Waals surface area contributed by atoms with Crippen molar-refractivity contribution in [3.63, 3.8) is 0 Å². The Kier molecular flexibility index (Phi) is 3.35. The first-order valence-corrected chi connectivity index (χ1v) is 9.61. The molecule has 0 aliphatic carbocycles. The number of benzene rings is 3. The highest BCUT2D eigenvalue weighted by Crippen LogP contribution is 2.37. The Morgan fingerprint density at radius 2 is 1.59 bits per heavy atom. The number of nitrogens with zero attached hydrogens (tertiary/aromatic N) is 3. The van der Waals surface area contributed by atoms with E-state index in [1.54, 1.807) is 0 Å². The van der Waals surface area contributed by atoms with Crippen LogP contribution in [0, 0.1) is 6.92 Å². The molecule has 0 saturated heterocycles. The quantitative estimate of drug-likeness (QED) is 0.357. The van der Waals surface area contributed by atoms with Crippen LogP contribution in [0.4, 0.5) is 0 Å². The van der Waals surface area contributed by atoms with Crippen molar-refractivity contribution in [3.05, 3.63) is 90.6 Å². The van der Waals surface area contributed by atoms with Crippen molar-refractivity contribution in [1.82, 2.24) is 14.5 Å². The minimum absolute atomic E-state index is 0.733. The number of para-hydroxylation sites is 3. The molecule has 0 unspecified atom stereocenters. The van der Waals surface area contributed by atoms with E-state index >= 15 is 0 Å². The lowest BCUT2D eigenvalue weighted by Crippen LogP contribution is -1.98. The van der Waals surface area contributed by atoms with Gasteiger partial charge in [0.25, 0.3) is 0 Å². The van der Waals surface area contributed by atoms with E-state index in [0.29, 0.717) is 0 Å². The van der Waals surface area contributed by atoms with Gasteiger partial charge in [0.2, 0.25) is 0 Å². The third-order valence-corrected chi connectivity index (χ3v) is 5.41.